The van der Waals surface area contributed by atoms with Crippen molar-refractivity contribution in [2.24, 2.45) is 23.2 Å². The van der Waals surface area contributed by atoms with E-state index in [2.05, 4.69) is 34.6 Å². The third-order valence-corrected chi connectivity index (χ3v) is 4.06. The summed E-state index contributed by atoms with van der Waals surface area (Å²) in [6.07, 6.45) is 0.701. The normalized spacial score (nSPS) is 41.2. The molecule has 15 heavy (non-hydrogen) atoms. The Morgan fingerprint density at radius 1 is 1.00 bits per heavy atom. The summed E-state index contributed by atoms with van der Waals surface area (Å²) in [5.41, 5.74) is 0.297. The van der Waals surface area contributed by atoms with E-state index in [1.165, 1.54) is 0 Å². The highest BCUT2D eigenvalue weighted by molar-refractivity contribution is 4.98. The number of rotatable bonds is 1. The molecule has 0 radical (unpaired) electrons. The van der Waals surface area contributed by atoms with Crippen molar-refractivity contribution in [3.05, 3.63) is 0 Å². The summed E-state index contributed by atoms with van der Waals surface area (Å²) >= 11 is 0. The van der Waals surface area contributed by atoms with Crippen molar-refractivity contribution in [3.8, 4) is 0 Å². The van der Waals surface area contributed by atoms with Crippen molar-refractivity contribution in [1.29, 1.82) is 0 Å². The van der Waals surface area contributed by atoms with Gasteiger partial charge in [-0.05, 0) is 11.3 Å². The summed E-state index contributed by atoms with van der Waals surface area (Å²) in [4.78, 5) is 0. The highest BCUT2D eigenvalue weighted by Crippen LogP contribution is 2.44. The first-order valence-electron chi connectivity index (χ1n) is 6.14. The third kappa shape index (κ3) is 1.94. The smallest absolute Gasteiger partial charge is 0.0895 e. The predicted octanol–water partition coefficient (Wildman–Crippen LogP) is 2.72. The van der Waals surface area contributed by atoms with Crippen LogP contribution < -0.4 is 0 Å². The maximum absolute atomic E-state index is 5.96. The van der Waals surface area contributed by atoms with Crippen LogP contribution in [0.25, 0.3) is 0 Å². The molecule has 0 N–H and O–H groups in total. The van der Waals surface area contributed by atoms with Crippen LogP contribution >= 0.6 is 0 Å². The van der Waals surface area contributed by atoms with Crippen LogP contribution in [0.15, 0.2) is 0 Å². The summed E-state index contributed by atoms with van der Waals surface area (Å²) in [7, 11) is 0. The molecule has 0 aromatic carbocycles. The van der Waals surface area contributed by atoms with E-state index in [0.29, 0.717) is 35.4 Å². The average Bonchev–Trinajstić information content (AvgIpc) is 2.56. The Morgan fingerprint density at radius 3 is 2.13 bits per heavy atom. The zero-order valence-electron chi connectivity index (χ0n) is 10.6. The van der Waals surface area contributed by atoms with E-state index in [4.69, 9.17) is 9.47 Å². The largest absolute Gasteiger partial charge is 0.375 e. The van der Waals surface area contributed by atoms with E-state index >= 15 is 0 Å². The zero-order valence-corrected chi connectivity index (χ0v) is 10.6. The number of hydrogen-bond acceptors (Lipinski definition) is 2. The summed E-state index contributed by atoms with van der Waals surface area (Å²) in [5, 5.41) is 0. The third-order valence-electron chi connectivity index (χ3n) is 4.06. The van der Waals surface area contributed by atoms with Crippen LogP contribution in [0.5, 0.6) is 0 Å². The molecule has 0 aromatic rings. The van der Waals surface area contributed by atoms with Crippen molar-refractivity contribution >= 4 is 0 Å². The molecule has 4 atom stereocenters. The van der Waals surface area contributed by atoms with Gasteiger partial charge in [0.25, 0.3) is 0 Å². The van der Waals surface area contributed by atoms with Gasteiger partial charge in [-0.25, -0.2) is 0 Å². The van der Waals surface area contributed by atoms with E-state index < -0.39 is 0 Å². The minimum Gasteiger partial charge on any atom is -0.375 e. The fraction of sp³-hybridized carbons (Fsp3) is 1.00. The summed E-state index contributed by atoms with van der Waals surface area (Å²) < 4.78 is 11.9. The molecule has 0 aliphatic carbocycles. The van der Waals surface area contributed by atoms with Crippen molar-refractivity contribution in [2.45, 2.75) is 46.8 Å². The lowest BCUT2D eigenvalue weighted by Crippen LogP contribution is -2.34. The van der Waals surface area contributed by atoms with Crippen molar-refractivity contribution in [2.75, 3.05) is 13.2 Å². The molecule has 0 spiro atoms. The monoisotopic (exact) mass is 212 g/mol. The second-order valence-corrected chi connectivity index (χ2v) is 6.48. The van der Waals surface area contributed by atoms with Crippen LogP contribution in [0.3, 0.4) is 0 Å². The molecule has 2 aliphatic rings. The topological polar surface area (TPSA) is 18.5 Å². The highest BCUT2D eigenvalue weighted by Gasteiger charge is 2.51. The van der Waals surface area contributed by atoms with Crippen LogP contribution in [0.4, 0.5) is 0 Å². The SMILES string of the molecule is CC(C)C1CO[C@H]2[C@@H]1OC[C@@H]2C(C)(C)C. The Balaban J connectivity index is 2.09. The molecular formula is C13H24O2. The van der Waals surface area contributed by atoms with E-state index in [1.807, 2.05) is 0 Å². The quantitative estimate of drug-likeness (QED) is 0.665. The summed E-state index contributed by atoms with van der Waals surface area (Å²) in [5.74, 6) is 1.83. The maximum Gasteiger partial charge on any atom is 0.0895 e. The molecule has 2 heteroatoms. The number of fused-ring (bicyclic) bond motifs is 1. The Labute approximate surface area is 93.3 Å². The fourth-order valence-electron chi connectivity index (χ4n) is 2.84. The minimum atomic E-state index is 0.297. The van der Waals surface area contributed by atoms with Gasteiger partial charge in [-0.1, -0.05) is 34.6 Å². The summed E-state index contributed by atoms with van der Waals surface area (Å²) in [6.45, 7) is 13.2. The number of hydrogen-bond donors (Lipinski definition) is 0. The Morgan fingerprint density at radius 2 is 1.60 bits per heavy atom. The standard InChI is InChI=1S/C13H24O2/c1-8(2)9-6-14-12-10(13(3,4)5)7-15-11(9)12/h8-12H,6-7H2,1-5H3/t9?,10-,11+,12+/m0/s1. The van der Waals surface area contributed by atoms with Crippen LogP contribution in [-0.2, 0) is 9.47 Å². The maximum atomic E-state index is 5.96. The lowest BCUT2D eigenvalue weighted by Gasteiger charge is -2.29. The average molecular weight is 212 g/mol. The van der Waals surface area contributed by atoms with E-state index in [0.717, 1.165) is 13.2 Å². The van der Waals surface area contributed by atoms with Gasteiger partial charge in [-0.3, -0.25) is 0 Å². The molecule has 88 valence electrons. The van der Waals surface area contributed by atoms with Gasteiger partial charge in [0.15, 0.2) is 0 Å². The molecule has 1 unspecified atom stereocenters. The highest BCUT2D eigenvalue weighted by atomic mass is 16.6. The number of ether oxygens (including phenoxy) is 2. The lowest BCUT2D eigenvalue weighted by atomic mass is 9.76. The fourth-order valence-corrected chi connectivity index (χ4v) is 2.84. The lowest BCUT2D eigenvalue weighted by molar-refractivity contribution is 0.0322. The predicted molar refractivity (Wildman–Crippen MR) is 60.8 cm³/mol. The molecular weight excluding hydrogens is 188 g/mol. The molecule has 0 amide bonds. The first kappa shape index (κ1) is 11.4. The van der Waals surface area contributed by atoms with Crippen LogP contribution in [-0.4, -0.2) is 25.4 Å². The molecule has 0 saturated carbocycles. The second kappa shape index (κ2) is 3.74. The Hall–Kier alpha value is -0.0800. The zero-order chi connectivity index (χ0) is 11.2. The van der Waals surface area contributed by atoms with Gasteiger partial charge in [0.2, 0.25) is 0 Å². The Kier molecular flexibility index (Phi) is 2.85. The molecule has 2 aliphatic heterocycles. The van der Waals surface area contributed by atoms with Gasteiger partial charge in [-0.2, -0.15) is 0 Å². The van der Waals surface area contributed by atoms with Crippen molar-refractivity contribution < 1.29 is 9.47 Å². The van der Waals surface area contributed by atoms with Gasteiger partial charge in [-0.15, -0.1) is 0 Å². The van der Waals surface area contributed by atoms with Crippen LogP contribution in [0.1, 0.15) is 34.6 Å². The molecule has 2 fully saturated rings. The molecule has 0 aromatic heterocycles. The van der Waals surface area contributed by atoms with Gasteiger partial charge in [0, 0.05) is 11.8 Å². The van der Waals surface area contributed by atoms with Crippen LogP contribution in [0.2, 0.25) is 0 Å². The first-order chi connectivity index (χ1) is 6.91. The summed E-state index contributed by atoms with van der Waals surface area (Å²) in [6, 6.07) is 0. The van der Waals surface area contributed by atoms with Crippen molar-refractivity contribution in [1.82, 2.24) is 0 Å². The van der Waals surface area contributed by atoms with Crippen LogP contribution in [0, 0.1) is 23.2 Å². The first-order valence-corrected chi connectivity index (χ1v) is 6.14. The second-order valence-electron chi connectivity index (χ2n) is 6.48. The molecule has 2 rings (SSSR count). The van der Waals surface area contributed by atoms with E-state index in [-0.39, 0.29) is 0 Å². The van der Waals surface area contributed by atoms with E-state index in [1.54, 1.807) is 0 Å². The minimum absolute atomic E-state index is 0.297. The van der Waals surface area contributed by atoms with Gasteiger partial charge in [0.05, 0.1) is 25.4 Å². The van der Waals surface area contributed by atoms with Gasteiger partial charge in [0.1, 0.15) is 0 Å². The molecule has 2 nitrogen and oxygen atoms in total. The molecule has 0 bridgehead atoms. The van der Waals surface area contributed by atoms with Crippen molar-refractivity contribution in [3.63, 3.8) is 0 Å². The van der Waals surface area contributed by atoms with Gasteiger partial charge >= 0.3 is 0 Å². The van der Waals surface area contributed by atoms with Gasteiger partial charge < -0.3 is 9.47 Å². The Bertz CT molecular complexity index is 229. The van der Waals surface area contributed by atoms with E-state index in [9.17, 15) is 0 Å². The molecule has 2 saturated heterocycles. The molecule has 2 heterocycles.